The van der Waals surface area contributed by atoms with Crippen LogP contribution < -0.4 is 4.74 Å². The third-order valence-corrected chi connectivity index (χ3v) is 10.0. The number of halogens is 4. The number of methoxy groups -OCH3 is 1. The van der Waals surface area contributed by atoms with Crippen LogP contribution in [0.1, 0.15) is 24.3 Å². The third kappa shape index (κ3) is 2.98. The summed E-state index contributed by atoms with van der Waals surface area (Å²) >= 11 is 23.7. The van der Waals surface area contributed by atoms with Gasteiger partial charge in [0, 0.05) is 13.0 Å². The maximum Gasteiger partial charge on any atom is 0.254 e. The molecule has 2 heterocycles. The first-order valence-electron chi connectivity index (χ1n) is 10.8. The van der Waals surface area contributed by atoms with Crippen molar-refractivity contribution in [2.24, 2.45) is 17.8 Å². The van der Waals surface area contributed by atoms with Crippen molar-refractivity contribution in [3.8, 4) is 11.5 Å². The minimum atomic E-state index is -1.95. The standard InChI is InChI=1S/C23H20BrCl3N2O6/c1-28-18(31)11-4-3-10-12(15(11)19(28)32)7-22(26)20(33)29(8-24)21(34)23(22,27)16(10)9-5-13(25)17(30)14(6-9)35-2/h3,5-6,11-12,15-16,30H,4,7-8H2,1-2H3. The molecule has 0 spiro atoms. The van der Waals surface area contributed by atoms with Crippen LogP contribution in [0, 0.1) is 17.8 Å². The van der Waals surface area contributed by atoms with Crippen molar-refractivity contribution in [3.05, 3.63) is 34.4 Å². The van der Waals surface area contributed by atoms with Gasteiger partial charge in [0.15, 0.2) is 21.2 Å². The Morgan fingerprint density at radius 1 is 1.14 bits per heavy atom. The lowest BCUT2D eigenvalue weighted by Gasteiger charge is -2.50. The average molecular weight is 607 g/mol. The second kappa shape index (κ2) is 8.10. The number of carbonyl (C=O) groups is 4. The van der Waals surface area contributed by atoms with Crippen molar-refractivity contribution in [1.29, 1.82) is 0 Å². The number of amides is 4. The Balaban J connectivity index is 1.78. The maximum absolute atomic E-state index is 13.7. The molecule has 0 bridgehead atoms. The number of allylic oxidation sites excluding steroid dienone is 2. The Labute approximate surface area is 224 Å². The Morgan fingerprint density at radius 3 is 2.46 bits per heavy atom. The highest BCUT2D eigenvalue weighted by Gasteiger charge is 2.76. The van der Waals surface area contributed by atoms with Crippen LogP contribution in [0.25, 0.3) is 0 Å². The summed E-state index contributed by atoms with van der Waals surface area (Å²) in [6.45, 7) is 0. The molecule has 8 nitrogen and oxygen atoms in total. The van der Waals surface area contributed by atoms with Gasteiger partial charge in [0.2, 0.25) is 11.8 Å². The largest absolute Gasteiger partial charge is 0.503 e. The number of likely N-dealkylation sites (tertiary alicyclic amines) is 2. The first-order valence-corrected chi connectivity index (χ1v) is 13.1. The zero-order valence-electron chi connectivity index (χ0n) is 18.6. The average Bonchev–Trinajstić information content (AvgIpc) is 3.13. The summed E-state index contributed by atoms with van der Waals surface area (Å²) in [6, 6.07) is 2.94. The minimum absolute atomic E-state index is 0.0443. The van der Waals surface area contributed by atoms with Gasteiger partial charge in [-0.25, -0.2) is 0 Å². The molecule has 1 aromatic carbocycles. The van der Waals surface area contributed by atoms with Crippen LogP contribution in [0.5, 0.6) is 11.5 Å². The molecular weight excluding hydrogens is 587 g/mol. The predicted molar refractivity (Wildman–Crippen MR) is 131 cm³/mol. The Hall–Kier alpha value is -1.81. The van der Waals surface area contributed by atoms with E-state index in [0.717, 1.165) is 9.80 Å². The van der Waals surface area contributed by atoms with Gasteiger partial charge in [-0.1, -0.05) is 39.2 Å². The summed E-state index contributed by atoms with van der Waals surface area (Å²) in [5.41, 5.74) is 0.910. The molecule has 6 unspecified atom stereocenters. The highest BCUT2D eigenvalue weighted by Crippen LogP contribution is 2.65. The number of phenols is 1. The van der Waals surface area contributed by atoms with Gasteiger partial charge in [0.05, 0.1) is 29.4 Å². The summed E-state index contributed by atoms with van der Waals surface area (Å²) in [5.74, 6) is -5.16. The molecule has 186 valence electrons. The summed E-state index contributed by atoms with van der Waals surface area (Å²) < 4.78 is 5.26. The zero-order chi connectivity index (χ0) is 25.6. The smallest absolute Gasteiger partial charge is 0.254 e. The quantitative estimate of drug-likeness (QED) is 0.245. The molecule has 12 heteroatoms. The van der Waals surface area contributed by atoms with Crippen LogP contribution in [0.2, 0.25) is 5.02 Å². The van der Waals surface area contributed by atoms with Gasteiger partial charge in [-0.3, -0.25) is 29.0 Å². The third-order valence-electron chi connectivity index (χ3n) is 7.84. The maximum atomic E-state index is 13.7. The Bertz CT molecular complexity index is 1240. The second-order valence-corrected chi connectivity index (χ2v) is 11.4. The van der Waals surface area contributed by atoms with Crippen LogP contribution in [-0.4, -0.2) is 67.9 Å². The van der Waals surface area contributed by atoms with E-state index in [0.29, 0.717) is 11.1 Å². The number of fused-ring (bicyclic) bond motifs is 4. The van der Waals surface area contributed by atoms with Gasteiger partial charge >= 0.3 is 0 Å². The lowest BCUT2D eigenvalue weighted by atomic mass is 9.56. The molecule has 2 aliphatic heterocycles. The van der Waals surface area contributed by atoms with Gasteiger partial charge in [0.25, 0.3) is 11.8 Å². The fraction of sp³-hybridized carbons (Fsp3) is 0.478. The Kier molecular flexibility index (Phi) is 5.75. The van der Waals surface area contributed by atoms with E-state index >= 15 is 0 Å². The highest BCUT2D eigenvalue weighted by atomic mass is 79.9. The molecule has 1 N–H and O–H groups in total. The van der Waals surface area contributed by atoms with Crippen LogP contribution in [0.15, 0.2) is 23.8 Å². The minimum Gasteiger partial charge on any atom is -0.503 e. The molecular formula is C23H20BrCl3N2O6. The van der Waals surface area contributed by atoms with Crippen LogP contribution in [0.3, 0.4) is 0 Å². The van der Waals surface area contributed by atoms with Crippen LogP contribution >= 0.6 is 50.7 Å². The molecule has 3 fully saturated rings. The number of rotatable bonds is 3. The number of benzene rings is 1. The number of ether oxygens (including phenoxy) is 1. The van der Waals surface area contributed by atoms with Crippen LogP contribution in [0.4, 0.5) is 0 Å². The number of nitrogens with zero attached hydrogens (tertiary/aromatic N) is 2. The van der Waals surface area contributed by atoms with Gasteiger partial charge in [0.1, 0.15) is 0 Å². The fourth-order valence-corrected chi connectivity index (χ4v) is 7.85. The monoisotopic (exact) mass is 604 g/mol. The normalized spacial score (nSPS) is 36.2. The molecule has 35 heavy (non-hydrogen) atoms. The van der Waals surface area contributed by atoms with Gasteiger partial charge in [-0.05, 0) is 36.5 Å². The van der Waals surface area contributed by atoms with Crippen molar-refractivity contribution < 1.29 is 29.0 Å². The Morgan fingerprint density at radius 2 is 1.83 bits per heavy atom. The van der Waals surface area contributed by atoms with E-state index in [2.05, 4.69) is 15.9 Å². The summed E-state index contributed by atoms with van der Waals surface area (Å²) in [4.78, 5) is 51.3. The lowest BCUT2D eigenvalue weighted by molar-refractivity contribution is -0.140. The number of phenolic OH excluding ortho intramolecular Hbond substituents is 1. The molecule has 2 saturated heterocycles. The van der Waals surface area contributed by atoms with E-state index in [1.54, 1.807) is 0 Å². The van der Waals surface area contributed by atoms with E-state index in [9.17, 15) is 24.3 Å². The SMILES string of the molecule is COc1cc(C2C3=CCC4C(=O)N(C)C(=O)C4C3CC3(Cl)C(=O)N(CBr)C(=O)C23Cl)cc(Cl)c1O. The summed E-state index contributed by atoms with van der Waals surface area (Å²) in [5, 5.41) is 10.2. The van der Waals surface area contributed by atoms with Crippen LogP contribution in [-0.2, 0) is 19.2 Å². The number of carbonyl (C=O) groups excluding carboxylic acids is 4. The van der Waals surface area contributed by atoms with E-state index in [4.69, 9.17) is 39.5 Å². The number of imide groups is 2. The lowest BCUT2D eigenvalue weighted by Crippen LogP contribution is -2.60. The summed E-state index contributed by atoms with van der Waals surface area (Å²) in [6.07, 6.45) is 2.01. The number of hydrogen-bond acceptors (Lipinski definition) is 6. The number of hydrogen-bond donors (Lipinski definition) is 1. The summed E-state index contributed by atoms with van der Waals surface area (Å²) in [7, 11) is 2.79. The number of aromatic hydroxyl groups is 1. The molecule has 4 amide bonds. The van der Waals surface area contributed by atoms with E-state index < -0.39 is 45.2 Å². The van der Waals surface area contributed by atoms with E-state index in [-0.39, 0.29) is 46.6 Å². The van der Waals surface area contributed by atoms with Crippen molar-refractivity contribution >= 4 is 74.4 Å². The van der Waals surface area contributed by atoms with Crippen molar-refractivity contribution in [2.75, 3.05) is 19.6 Å². The van der Waals surface area contributed by atoms with Crippen molar-refractivity contribution in [2.45, 2.75) is 28.5 Å². The van der Waals surface area contributed by atoms with Gasteiger partial charge in [-0.15, -0.1) is 23.2 Å². The molecule has 2 aliphatic carbocycles. The molecule has 6 atom stereocenters. The van der Waals surface area contributed by atoms with Crippen molar-refractivity contribution in [3.63, 3.8) is 0 Å². The highest BCUT2D eigenvalue weighted by molar-refractivity contribution is 9.09. The topological polar surface area (TPSA) is 104 Å². The molecule has 0 aromatic heterocycles. The first kappa shape index (κ1) is 24.9. The van der Waals surface area contributed by atoms with E-state index in [1.807, 2.05) is 6.08 Å². The first-order chi connectivity index (χ1) is 16.4. The molecule has 1 saturated carbocycles. The van der Waals surface area contributed by atoms with E-state index in [1.165, 1.54) is 26.3 Å². The number of alkyl halides is 3. The van der Waals surface area contributed by atoms with Gasteiger partial charge < -0.3 is 9.84 Å². The second-order valence-electron chi connectivity index (χ2n) is 9.28. The van der Waals surface area contributed by atoms with Crippen molar-refractivity contribution in [1.82, 2.24) is 9.80 Å². The fourth-order valence-electron chi connectivity index (χ4n) is 6.20. The molecule has 5 rings (SSSR count). The predicted octanol–water partition coefficient (Wildman–Crippen LogP) is 3.40. The van der Waals surface area contributed by atoms with Gasteiger partial charge in [-0.2, -0.15) is 0 Å². The molecule has 0 radical (unpaired) electrons. The molecule has 4 aliphatic rings. The molecule has 1 aromatic rings. The zero-order valence-corrected chi connectivity index (χ0v) is 22.4.